The van der Waals surface area contributed by atoms with E-state index in [-0.39, 0.29) is 6.10 Å². The summed E-state index contributed by atoms with van der Waals surface area (Å²) >= 11 is 0. The zero-order valence-electron chi connectivity index (χ0n) is 7.30. The normalized spacial score (nSPS) is 19.9. The molecule has 0 bridgehead atoms. The maximum Gasteiger partial charge on any atom is 0.377 e. The number of carboxylic acids is 1. The van der Waals surface area contributed by atoms with Gasteiger partial charge in [-0.25, -0.2) is 4.79 Å². The van der Waals surface area contributed by atoms with Crippen LogP contribution in [0.5, 0.6) is 0 Å². The highest BCUT2D eigenvalue weighted by Gasteiger charge is 2.41. The quantitative estimate of drug-likeness (QED) is 0.721. The van der Waals surface area contributed by atoms with Crippen molar-refractivity contribution in [1.29, 1.82) is 0 Å². The van der Waals surface area contributed by atoms with Crippen LogP contribution in [0, 0.1) is 5.92 Å². The minimum Gasteiger partial charge on any atom is -0.477 e. The van der Waals surface area contributed by atoms with Crippen molar-refractivity contribution in [1.82, 2.24) is 0 Å². The summed E-state index contributed by atoms with van der Waals surface area (Å²) in [5, 5.41) is 8.08. The van der Waals surface area contributed by atoms with Crippen molar-refractivity contribution in [2.45, 2.75) is 31.8 Å². The van der Waals surface area contributed by atoms with Gasteiger partial charge in [0.1, 0.15) is 6.61 Å². The molecule has 76 valence electrons. The zero-order valence-corrected chi connectivity index (χ0v) is 7.30. The van der Waals surface area contributed by atoms with Crippen molar-refractivity contribution in [3.05, 3.63) is 0 Å². The van der Waals surface area contributed by atoms with Gasteiger partial charge in [0.05, 0.1) is 6.10 Å². The molecule has 1 saturated carbocycles. The Labute approximate surface area is 74.7 Å². The molecule has 1 aliphatic rings. The Morgan fingerprint density at radius 2 is 2.23 bits per heavy atom. The first-order chi connectivity index (χ1) is 5.93. The summed E-state index contributed by atoms with van der Waals surface area (Å²) in [4.78, 5) is 9.99. The molecule has 1 aliphatic carbocycles. The first kappa shape index (κ1) is 10.4. The van der Waals surface area contributed by atoms with Crippen LogP contribution in [0.1, 0.15) is 19.8 Å². The molecule has 0 radical (unpaired) electrons. The molecule has 0 aliphatic heterocycles. The van der Waals surface area contributed by atoms with E-state index in [1.54, 1.807) is 6.92 Å². The third kappa shape index (κ3) is 2.91. The maximum atomic E-state index is 12.5. The fraction of sp³-hybridized carbons (Fsp3) is 0.875. The second-order valence-electron chi connectivity index (χ2n) is 3.36. The van der Waals surface area contributed by atoms with Gasteiger partial charge in [0.25, 0.3) is 0 Å². The molecule has 1 N–H and O–H groups in total. The lowest BCUT2D eigenvalue weighted by Crippen LogP contribution is -2.35. The number of hydrogen-bond acceptors (Lipinski definition) is 2. The van der Waals surface area contributed by atoms with Gasteiger partial charge in [0.2, 0.25) is 0 Å². The smallest absolute Gasteiger partial charge is 0.377 e. The van der Waals surface area contributed by atoms with Gasteiger partial charge in [0.15, 0.2) is 0 Å². The van der Waals surface area contributed by atoms with E-state index in [0.717, 1.165) is 12.8 Å². The van der Waals surface area contributed by atoms with Gasteiger partial charge in [-0.05, 0) is 25.7 Å². The SMILES string of the molecule is CC(OCC(F)(F)C(=O)O)C1CC1. The lowest BCUT2D eigenvalue weighted by atomic mass is 10.2. The van der Waals surface area contributed by atoms with E-state index in [1.165, 1.54) is 0 Å². The molecule has 0 aromatic rings. The van der Waals surface area contributed by atoms with Crippen LogP contribution in [0.15, 0.2) is 0 Å². The Kier molecular flexibility index (Phi) is 2.85. The van der Waals surface area contributed by atoms with E-state index in [1.807, 2.05) is 0 Å². The first-order valence-corrected chi connectivity index (χ1v) is 4.16. The Bertz CT molecular complexity index is 202. The fourth-order valence-electron chi connectivity index (χ4n) is 1.000. The van der Waals surface area contributed by atoms with Crippen LogP contribution >= 0.6 is 0 Å². The van der Waals surface area contributed by atoms with E-state index in [0.29, 0.717) is 5.92 Å². The van der Waals surface area contributed by atoms with Crippen LogP contribution in [0.4, 0.5) is 8.78 Å². The Hall–Kier alpha value is -0.710. The number of carboxylic acid groups (broad SMARTS) is 1. The Morgan fingerprint density at radius 1 is 1.69 bits per heavy atom. The van der Waals surface area contributed by atoms with E-state index in [9.17, 15) is 13.6 Å². The number of rotatable bonds is 5. The number of alkyl halides is 2. The number of aliphatic carboxylic acids is 1. The van der Waals surface area contributed by atoms with Gasteiger partial charge in [0, 0.05) is 0 Å². The molecular weight excluding hydrogens is 182 g/mol. The second kappa shape index (κ2) is 3.57. The lowest BCUT2D eigenvalue weighted by Gasteiger charge is -2.15. The van der Waals surface area contributed by atoms with Crippen LogP contribution < -0.4 is 0 Å². The van der Waals surface area contributed by atoms with Crippen molar-refractivity contribution in [2.24, 2.45) is 5.92 Å². The summed E-state index contributed by atoms with van der Waals surface area (Å²) in [6.07, 6.45) is 1.71. The molecule has 0 heterocycles. The minimum atomic E-state index is -3.76. The van der Waals surface area contributed by atoms with Gasteiger partial charge in [-0.3, -0.25) is 0 Å². The largest absolute Gasteiger partial charge is 0.477 e. The Morgan fingerprint density at radius 3 is 2.62 bits per heavy atom. The number of halogens is 2. The average Bonchev–Trinajstić information content (AvgIpc) is 2.82. The predicted octanol–water partition coefficient (Wildman–Crippen LogP) is 1.52. The molecule has 1 rings (SSSR count). The van der Waals surface area contributed by atoms with Crippen LogP contribution in [0.3, 0.4) is 0 Å². The van der Waals surface area contributed by atoms with Crippen LogP contribution in [0.25, 0.3) is 0 Å². The molecule has 0 aromatic heterocycles. The molecule has 1 unspecified atom stereocenters. The summed E-state index contributed by atoms with van der Waals surface area (Å²) in [5.74, 6) is -5.55. The van der Waals surface area contributed by atoms with Gasteiger partial charge >= 0.3 is 11.9 Å². The molecule has 13 heavy (non-hydrogen) atoms. The Balaban J connectivity index is 2.27. The molecule has 1 fully saturated rings. The first-order valence-electron chi connectivity index (χ1n) is 4.16. The fourth-order valence-corrected chi connectivity index (χ4v) is 1.000. The average molecular weight is 194 g/mol. The monoisotopic (exact) mass is 194 g/mol. The van der Waals surface area contributed by atoms with Crippen LogP contribution in [-0.2, 0) is 9.53 Å². The molecule has 0 saturated heterocycles. The highest BCUT2D eigenvalue weighted by atomic mass is 19.3. The molecule has 5 heteroatoms. The number of hydrogen-bond donors (Lipinski definition) is 1. The van der Waals surface area contributed by atoms with Crippen LogP contribution in [-0.4, -0.2) is 29.7 Å². The van der Waals surface area contributed by atoms with Crippen molar-refractivity contribution < 1.29 is 23.4 Å². The van der Waals surface area contributed by atoms with Gasteiger partial charge in [-0.2, -0.15) is 8.78 Å². The third-order valence-electron chi connectivity index (χ3n) is 2.13. The molecule has 0 spiro atoms. The standard InChI is InChI=1S/C8H12F2O3/c1-5(6-2-3-6)13-4-8(9,10)7(11)12/h5-6H,2-4H2,1H3,(H,11,12). The summed E-state index contributed by atoms with van der Waals surface area (Å²) in [5.41, 5.74) is 0. The highest BCUT2D eigenvalue weighted by molar-refractivity contribution is 5.75. The van der Waals surface area contributed by atoms with E-state index in [4.69, 9.17) is 9.84 Å². The highest BCUT2D eigenvalue weighted by Crippen LogP contribution is 2.34. The summed E-state index contributed by atoms with van der Waals surface area (Å²) in [6, 6.07) is 0. The molecular formula is C8H12F2O3. The maximum absolute atomic E-state index is 12.5. The minimum absolute atomic E-state index is 0.259. The third-order valence-corrected chi connectivity index (χ3v) is 2.13. The predicted molar refractivity (Wildman–Crippen MR) is 40.7 cm³/mol. The van der Waals surface area contributed by atoms with Gasteiger partial charge in [-0.15, -0.1) is 0 Å². The second-order valence-corrected chi connectivity index (χ2v) is 3.36. The zero-order chi connectivity index (χ0) is 10.1. The van der Waals surface area contributed by atoms with Crippen molar-refractivity contribution in [2.75, 3.05) is 6.61 Å². The topological polar surface area (TPSA) is 46.5 Å². The van der Waals surface area contributed by atoms with Gasteiger partial charge in [-0.1, -0.05) is 0 Å². The number of carbonyl (C=O) groups is 1. The van der Waals surface area contributed by atoms with Crippen molar-refractivity contribution >= 4 is 5.97 Å². The van der Waals surface area contributed by atoms with E-state index < -0.39 is 18.5 Å². The van der Waals surface area contributed by atoms with E-state index in [2.05, 4.69) is 0 Å². The molecule has 1 atom stereocenters. The molecule has 0 aromatic carbocycles. The van der Waals surface area contributed by atoms with Crippen molar-refractivity contribution in [3.8, 4) is 0 Å². The number of ether oxygens (including phenoxy) is 1. The van der Waals surface area contributed by atoms with Gasteiger partial charge < -0.3 is 9.84 Å². The lowest BCUT2D eigenvalue weighted by molar-refractivity contribution is -0.176. The molecule has 0 amide bonds. The summed E-state index contributed by atoms with van der Waals surface area (Å²) in [7, 11) is 0. The van der Waals surface area contributed by atoms with Crippen molar-refractivity contribution in [3.63, 3.8) is 0 Å². The molecule has 3 nitrogen and oxygen atoms in total. The summed E-state index contributed by atoms with van der Waals surface area (Å²) in [6.45, 7) is 0.662. The van der Waals surface area contributed by atoms with Crippen LogP contribution in [0.2, 0.25) is 0 Å². The van der Waals surface area contributed by atoms with E-state index >= 15 is 0 Å². The summed E-state index contributed by atoms with van der Waals surface area (Å²) < 4.78 is 29.7.